The summed E-state index contributed by atoms with van der Waals surface area (Å²) in [7, 11) is -9.17. The van der Waals surface area contributed by atoms with E-state index in [4.69, 9.17) is 14.7 Å². The van der Waals surface area contributed by atoms with Crippen molar-refractivity contribution in [3.8, 4) is 0 Å². The van der Waals surface area contributed by atoms with Crippen LogP contribution in [0.4, 0.5) is 0 Å². The molecular formula is C2H9O9P3S. The highest BCUT2D eigenvalue weighted by Gasteiger charge is 2.40. The average molecular weight is 302 g/mol. The summed E-state index contributed by atoms with van der Waals surface area (Å²) in [5.74, 6) is 0. The minimum Gasteiger partial charge on any atom is -0.316 e. The standard InChI is InChI=1S/C2H9O9P3S/c1-9-12(3,4)10-13(5,6)11-14(7,8)15-2/h1-2H3,(H,3,4)(H,5,6)(H,7,8). The summed E-state index contributed by atoms with van der Waals surface area (Å²) in [4.78, 5) is 26.3. The number of phosphoric acid groups is 2. The van der Waals surface area contributed by atoms with Gasteiger partial charge in [0.05, 0.1) is 0 Å². The van der Waals surface area contributed by atoms with Gasteiger partial charge in [0, 0.05) is 7.11 Å². The van der Waals surface area contributed by atoms with Crippen molar-refractivity contribution in [2.75, 3.05) is 13.4 Å². The van der Waals surface area contributed by atoms with E-state index >= 15 is 0 Å². The van der Waals surface area contributed by atoms with Crippen molar-refractivity contribution in [2.45, 2.75) is 0 Å². The van der Waals surface area contributed by atoms with Gasteiger partial charge in [-0.3, -0.25) is 4.52 Å². The molecule has 0 aliphatic heterocycles. The zero-order valence-corrected chi connectivity index (χ0v) is 11.0. The van der Waals surface area contributed by atoms with E-state index in [-0.39, 0.29) is 11.4 Å². The van der Waals surface area contributed by atoms with Crippen LogP contribution in [0.1, 0.15) is 0 Å². The first-order valence-electron chi connectivity index (χ1n) is 3.06. The Morgan fingerprint density at radius 2 is 1.47 bits per heavy atom. The Kier molecular flexibility index (Phi) is 5.71. The van der Waals surface area contributed by atoms with E-state index < -0.39 is 22.4 Å². The molecule has 9 nitrogen and oxygen atoms in total. The molecule has 0 heterocycles. The molecule has 3 N–H and O–H groups in total. The van der Waals surface area contributed by atoms with E-state index in [2.05, 4.69) is 13.1 Å². The van der Waals surface area contributed by atoms with Crippen LogP contribution in [-0.4, -0.2) is 28.0 Å². The minimum atomic E-state index is -5.14. The maximum Gasteiger partial charge on any atom is 0.488 e. The molecule has 0 saturated carbocycles. The van der Waals surface area contributed by atoms with Crippen LogP contribution in [0, 0.1) is 0 Å². The van der Waals surface area contributed by atoms with Crippen molar-refractivity contribution in [1.29, 1.82) is 0 Å². The van der Waals surface area contributed by atoms with Gasteiger partial charge in [-0.05, 0) is 17.6 Å². The van der Waals surface area contributed by atoms with E-state index in [1.165, 1.54) is 0 Å². The topological polar surface area (TPSA) is 140 Å². The highest BCUT2D eigenvalue weighted by Crippen LogP contribution is 2.70. The number of hydrogen-bond acceptors (Lipinski definition) is 7. The van der Waals surface area contributed by atoms with Crippen molar-refractivity contribution in [1.82, 2.24) is 0 Å². The van der Waals surface area contributed by atoms with Crippen molar-refractivity contribution >= 4 is 33.8 Å². The molecule has 3 atom stereocenters. The van der Waals surface area contributed by atoms with Crippen molar-refractivity contribution in [3.05, 3.63) is 0 Å². The van der Waals surface area contributed by atoms with E-state index in [1.54, 1.807) is 0 Å². The van der Waals surface area contributed by atoms with Crippen molar-refractivity contribution in [3.63, 3.8) is 0 Å². The molecule has 13 heteroatoms. The SMILES string of the molecule is COP(=O)(O)OP(=O)(O)OP(=O)(O)SC. The van der Waals surface area contributed by atoms with Gasteiger partial charge < -0.3 is 14.7 Å². The second kappa shape index (κ2) is 5.42. The van der Waals surface area contributed by atoms with Crippen LogP contribution in [0.15, 0.2) is 0 Å². The van der Waals surface area contributed by atoms with Gasteiger partial charge in [-0.25, -0.2) is 13.7 Å². The molecule has 3 unspecified atom stereocenters. The summed E-state index contributed by atoms with van der Waals surface area (Å²) < 4.78 is 43.7. The lowest BCUT2D eigenvalue weighted by Gasteiger charge is -2.15. The van der Waals surface area contributed by atoms with E-state index in [0.29, 0.717) is 0 Å². The highest BCUT2D eigenvalue weighted by molar-refractivity contribution is 8.55. The monoisotopic (exact) mass is 302 g/mol. The second-order valence-corrected chi connectivity index (χ2v) is 9.26. The normalized spacial score (nSPS) is 23.8. The summed E-state index contributed by atoms with van der Waals surface area (Å²) in [6.07, 6.45) is 1.13. The van der Waals surface area contributed by atoms with Crippen LogP contribution in [0.5, 0.6) is 0 Å². The van der Waals surface area contributed by atoms with Crippen LogP contribution < -0.4 is 0 Å². The predicted molar refractivity (Wildman–Crippen MR) is 52.2 cm³/mol. The van der Waals surface area contributed by atoms with Gasteiger partial charge in [-0.2, -0.15) is 8.62 Å². The fraction of sp³-hybridized carbons (Fsp3) is 1.00. The van der Waals surface area contributed by atoms with Gasteiger partial charge in [0.25, 0.3) is 0 Å². The second-order valence-electron chi connectivity index (χ2n) is 1.93. The first-order valence-corrected chi connectivity index (χ1v) is 9.46. The van der Waals surface area contributed by atoms with Crippen LogP contribution >= 0.6 is 33.8 Å². The van der Waals surface area contributed by atoms with Crippen LogP contribution in [0.2, 0.25) is 0 Å². The zero-order valence-electron chi connectivity index (χ0n) is 7.54. The Bertz CT molecular complexity index is 321. The van der Waals surface area contributed by atoms with Gasteiger partial charge >= 0.3 is 22.4 Å². The molecule has 0 rings (SSSR count). The molecule has 0 fully saturated rings. The minimum absolute atomic E-state index is 0.252. The molecule has 92 valence electrons. The van der Waals surface area contributed by atoms with Crippen molar-refractivity contribution in [2.24, 2.45) is 0 Å². The first kappa shape index (κ1) is 15.8. The number of hydrogen-bond donors (Lipinski definition) is 3. The summed E-state index contributed by atoms with van der Waals surface area (Å²) in [5, 5.41) is 0. The molecule has 0 saturated heterocycles. The third-order valence-electron chi connectivity index (χ3n) is 0.874. The molecule has 0 radical (unpaired) electrons. The van der Waals surface area contributed by atoms with Gasteiger partial charge in [0.1, 0.15) is 0 Å². The Hall–Kier alpha value is 0.800. The smallest absolute Gasteiger partial charge is 0.316 e. The molecule has 0 aliphatic carbocycles. The predicted octanol–water partition coefficient (Wildman–Crippen LogP) is 1.33. The van der Waals surface area contributed by atoms with Gasteiger partial charge in [-0.15, -0.1) is 0 Å². The largest absolute Gasteiger partial charge is 0.488 e. The molecule has 0 aromatic heterocycles. The summed E-state index contributed by atoms with van der Waals surface area (Å²) >= 11 is 0.252. The van der Waals surface area contributed by atoms with Crippen LogP contribution in [0.3, 0.4) is 0 Å². The van der Waals surface area contributed by atoms with Gasteiger partial charge in [0.2, 0.25) is 0 Å². The average Bonchev–Trinajstić information content (AvgIpc) is 2.00. The lowest BCUT2D eigenvalue weighted by atomic mass is 11.8. The Balaban J connectivity index is 4.66. The third kappa shape index (κ3) is 6.86. The van der Waals surface area contributed by atoms with E-state index in [9.17, 15) is 13.7 Å². The maximum atomic E-state index is 10.9. The zero-order chi connectivity index (χ0) is 12.3. The molecule has 0 amide bonds. The van der Waals surface area contributed by atoms with Crippen LogP contribution in [0.25, 0.3) is 0 Å². The van der Waals surface area contributed by atoms with E-state index in [1.807, 2.05) is 0 Å². The first-order chi connectivity index (χ1) is 6.54. The summed E-state index contributed by atoms with van der Waals surface area (Å²) in [5.41, 5.74) is 0. The summed E-state index contributed by atoms with van der Waals surface area (Å²) in [6.45, 7) is -4.40. The number of rotatable bonds is 6. The molecular weight excluding hydrogens is 293 g/mol. The third-order valence-corrected chi connectivity index (χ3v) is 7.08. The summed E-state index contributed by atoms with van der Waals surface area (Å²) in [6, 6.07) is 0. The molecule has 0 bridgehead atoms. The van der Waals surface area contributed by atoms with Gasteiger partial charge in [-0.1, -0.05) is 0 Å². The van der Waals surface area contributed by atoms with E-state index in [0.717, 1.165) is 13.4 Å². The molecule has 0 aromatic carbocycles. The van der Waals surface area contributed by atoms with Gasteiger partial charge in [0.15, 0.2) is 0 Å². The molecule has 0 aromatic rings. The van der Waals surface area contributed by atoms with Crippen LogP contribution in [-0.2, 0) is 26.8 Å². The fourth-order valence-corrected chi connectivity index (χ4v) is 4.71. The lowest BCUT2D eigenvalue weighted by molar-refractivity contribution is 0.204. The molecule has 0 aliphatic rings. The number of phosphoric ester groups is 1. The maximum absolute atomic E-state index is 10.9. The van der Waals surface area contributed by atoms with Crippen molar-refractivity contribution < 1.29 is 41.5 Å². The molecule has 15 heavy (non-hydrogen) atoms. The lowest BCUT2D eigenvalue weighted by Crippen LogP contribution is -1.93. The Morgan fingerprint density at radius 3 is 1.80 bits per heavy atom. The Morgan fingerprint density at radius 1 is 1.00 bits per heavy atom. The Labute approximate surface area is 89.3 Å². The quantitative estimate of drug-likeness (QED) is 0.615. The fourth-order valence-electron chi connectivity index (χ4n) is 0.342. The molecule has 0 spiro atoms. The highest BCUT2D eigenvalue weighted by atomic mass is 32.7.